The van der Waals surface area contributed by atoms with E-state index in [9.17, 15) is 0 Å². The number of hydrogen-bond acceptors (Lipinski definition) is 7. The van der Waals surface area contributed by atoms with Gasteiger partial charge in [-0.3, -0.25) is 0 Å². The molecule has 302 valence electrons. The van der Waals surface area contributed by atoms with Gasteiger partial charge in [0.2, 0.25) is 0 Å². The van der Waals surface area contributed by atoms with Gasteiger partial charge >= 0.3 is 0 Å². The highest BCUT2D eigenvalue weighted by Crippen LogP contribution is 2.46. The van der Waals surface area contributed by atoms with Crippen molar-refractivity contribution in [1.82, 2.24) is 19.9 Å². The summed E-state index contributed by atoms with van der Waals surface area (Å²) in [6, 6.07) is 66.2. The van der Waals surface area contributed by atoms with Crippen LogP contribution < -0.4 is 0 Å². The van der Waals surface area contributed by atoms with Crippen molar-refractivity contribution < 1.29 is 13.3 Å². The molecule has 0 N–H and O–H groups in total. The van der Waals surface area contributed by atoms with Crippen LogP contribution in [-0.2, 0) is 0 Å². The number of pyridine rings is 1. The monoisotopic (exact) mass is 832 g/mol. The second-order valence-electron chi connectivity index (χ2n) is 16.4. The molecule has 0 aliphatic heterocycles. The number of furan rings is 3. The Morgan fingerprint density at radius 2 is 0.800 bits per heavy atom. The van der Waals surface area contributed by atoms with Crippen LogP contribution in [0, 0.1) is 0 Å². The van der Waals surface area contributed by atoms with Crippen molar-refractivity contribution >= 4 is 87.5 Å². The molecule has 0 atom stereocenters. The molecule has 14 rings (SSSR count). The molecule has 5 heterocycles. The first-order valence-electron chi connectivity index (χ1n) is 21.6. The van der Waals surface area contributed by atoms with Crippen molar-refractivity contribution in [1.29, 1.82) is 0 Å². The van der Waals surface area contributed by atoms with Gasteiger partial charge in [-0.25, -0.2) is 19.9 Å². The van der Waals surface area contributed by atoms with Gasteiger partial charge < -0.3 is 13.3 Å². The summed E-state index contributed by atoms with van der Waals surface area (Å²) in [5.41, 5.74) is 12.0. The molecule has 14 aromatic rings. The molecule has 65 heavy (non-hydrogen) atoms. The van der Waals surface area contributed by atoms with E-state index in [-0.39, 0.29) is 0 Å². The summed E-state index contributed by atoms with van der Waals surface area (Å²) < 4.78 is 19.7. The zero-order valence-electron chi connectivity index (χ0n) is 34.5. The third-order valence-corrected chi connectivity index (χ3v) is 12.7. The molecule has 0 saturated carbocycles. The number of para-hydroxylation sites is 6. The number of nitrogens with zero attached hydrogens (tertiary/aromatic N) is 4. The quantitative estimate of drug-likeness (QED) is 0.160. The molecule has 7 nitrogen and oxygen atoms in total. The van der Waals surface area contributed by atoms with Crippen molar-refractivity contribution in [2.24, 2.45) is 0 Å². The van der Waals surface area contributed by atoms with Crippen LogP contribution in [0.15, 0.2) is 207 Å². The number of hydrogen-bond donors (Lipinski definition) is 0. The van der Waals surface area contributed by atoms with Crippen LogP contribution in [0.2, 0.25) is 0 Å². The Morgan fingerprint density at radius 3 is 1.45 bits per heavy atom. The van der Waals surface area contributed by atoms with Crippen molar-refractivity contribution in [3.63, 3.8) is 0 Å². The predicted molar refractivity (Wildman–Crippen MR) is 262 cm³/mol. The van der Waals surface area contributed by atoms with E-state index in [1.807, 2.05) is 72.8 Å². The van der Waals surface area contributed by atoms with Gasteiger partial charge in [-0.2, -0.15) is 0 Å². The van der Waals surface area contributed by atoms with Crippen molar-refractivity contribution in [3.05, 3.63) is 194 Å². The van der Waals surface area contributed by atoms with E-state index in [1.165, 1.54) is 0 Å². The molecule has 9 aromatic carbocycles. The molecule has 0 amide bonds. The van der Waals surface area contributed by atoms with Crippen LogP contribution >= 0.6 is 0 Å². The zero-order chi connectivity index (χ0) is 42.6. The molecular weight excluding hydrogens is 801 g/mol. The fraction of sp³-hybridized carbons (Fsp3) is 0. The van der Waals surface area contributed by atoms with Gasteiger partial charge in [0.25, 0.3) is 0 Å². The maximum atomic E-state index is 6.62. The van der Waals surface area contributed by atoms with Gasteiger partial charge in [0.05, 0.1) is 22.3 Å². The topological polar surface area (TPSA) is 91.0 Å². The summed E-state index contributed by atoms with van der Waals surface area (Å²) in [7, 11) is 0. The zero-order valence-corrected chi connectivity index (χ0v) is 34.5. The Bertz CT molecular complexity index is 4110. The molecule has 0 bridgehead atoms. The summed E-state index contributed by atoms with van der Waals surface area (Å²) in [6.45, 7) is 0. The van der Waals surface area contributed by atoms with Gasteiger partial charge in [-0.15, -0.1) is 0 Å². The maximum Gasteiger partial charge on any atom is 0.167 e. The molecule has 0 saturated heterocycles. The lowest BCUT2D eigenvalue weighted by Crippen LogP contribution is -2.00. The third-order valence-electron chi connectivity index (χ3n) is 12.7. The number of benzene rings is 9. The SMILES string of the molecule is c1ccc(-c2c3c(cc4c(-c5ccc(-c6nc(-c7cccc8c7oc7ccccc78)nc(-c7cccc8c7oc7ccccc78)n6)cc5)nc5ccccc5c24)oc2ccccc23)cc1. The first-order valence-corrected chi connectivity index (χ1v) is 21.6. The lowest BCUT2D eigenvalue weighted by Gasteiger charge is -2.16. The normalized spacial score (nSPS) is 12.0. The van der Waals surface area contributed by atoms with Gasteiger partial charge in [0.1, 0.15) is 33.5 Å². The third kappa shape index (κ3) is 5.42. The fourth-order valence-electron chi connectivity index (χ4n) is 9.80. The molecular formula is C58H32N4O3. The minimum atomic E-state index is 0.498. The number of fused-ring (bicyclic) bond motifs is 12. The fourth-order valence-corrected chi connectivity index (χ4v) is 9.80. The maximum absolute atomic E-state index is 6.62. The van der Waals surface area contributed by atoms with E-state index in [0.29, 0.717) is 17.5 Å². The molecule has 7 heteroatoms. The Kier molecular flexibility index (Phi) is 7.55. The van der Waals surface area contributed by atoms with E-state index >= 15 is 0 Å². The van der Waals surface area contributed by atoms with Gasteiger partial charge in [-0.05, 0) is 48.0 Å². The minimum absolute atomic E-state index is 0.498. The van der Waals surface area contributed by atoms with Crippen LogP contribution in [0.1, 0.15) is 0 Å². The number of rotatable bonds is 5. The Morgan fingerprint density at radius 1 is 0.292 bits per heavy atom. The largest absolute Gasteiger partial charge is 0.456 e. The Balaban J connectivity index is 0.987. The summed E-state index contributed by atoms with van der Waals surface area (Å²) in [4.78, 5) is 20.9. The highest BCUT2D eigenvalue weighted by atomic mass is 16.3. The average molecular weight is 833 g/mol. The Hall–Kier alpha value is -8.94. The highest BCUT2D eigenvalue weighted by Gasteiger charge is 2.23. The van der Waals surface area contributed by atoms with Crippen LogP contribution in [0.5, 0.6) is 0 Å². The highest BCUT2D eigenvalue weighted by molar-refractivity contribution is 6.27. The van der Waals surface area contributed by atoms with E-state index < -0.39 is 0 Å². The van der Waals surface area contributed by atoms with Crippen LogP contribution in [0.4, 0.5) is 0 Å². The molecule has 5 aromatic heterocycles. The Labute approximate surface area is 369 Å². The van der Waals surface area contributed by atoms with E-state index in [2.05, 4.69) is 121 Å². The average Bonchev–Trinajstić information content (AvgIpc) is 4.07. The van der Waals surface area contributed by atoms with Crippen molar-refractivity contribution in [3.8, 4) is 56.5 Å². The van der Waals surface area contributed by atoms with E-state index in [1.54, 1.807) is 0 Å². The minimum Gasteiger partial charge on any atom is -0.456 e. The van der Waals surface area contributed by atoms with Crippen LogP contribution in [-0.4, -0.2) is 19.9 Å². The second-order valence-corrected chi connectivity index (χ2v) is 16.4. The van der Waals surface area contributed by atoms with E-state index in [0.717, 1.165) is 127 Å². The summed E-state index contributed by atoms with van der Waals surface area (Å²) >= 11 is 0. The molecule has 0 aliphatic carbocycles. The lowest BCUT2D eigenvalue weighted by atomic mass is 9.89. The van der Waals surface area contributed by atoms with Crippen LogP contribution in [0.25, 0.3) is 144 Å². The lowest BCUT2D eigenvalue weighted by molar-refractivity contribution is 0.669. The standard InChI is InChI=1S/C58H32N4O3/c1-2-14-33(15-3-1)50-51-40-18-4-8-24-45(40)59-53(44(51)32-49-52(50)41-19-7-11-27-48(41)63-49)34-28-30-35(31-29-34)56-60-57(42-22-12-20-38-36-16-5-9-25-46(36)64-54(38)42)62-58(61-56)43-23-13-21-39-37-17-6-10-26-47(37)65-55(39)43/h1-32H. The smallest absolute Gasteiger partial charge is 0.167 e. The first kappa shape index (κ1) is 35.6. The summed E-state index contributed by atoms with van der Waals surface area (Å²) in [6.07, 6.45) is 0. The van der Waals surface area contributed by atoms with Gasteiger partial charge in [0.15, 0.2) is 17.5 Å². The molecule has 0 radical (unpaired) electrons. The van der Waals surface area contributed by atoms with Gasteiger partial charge in [-0.1, -0.05) is 152 Å². The van der Waals surface area contributed by atoms with Crippen LogP contribution in [0.3, 0.4) is 0 Å². The summed E-state index contributed by atoms with van der Waals surface area (Å²) in [5, 5.41) is 9.45. The first-order chi connectivity index (χ1) is 32.2. The number of aromatic nitrogens is 4. The predicted octanol–water partition coefficient (Wildman–Crippen LogP) is 15.6. The molecule has 0 spiro atoms. The van der Waals surface area contributed by atoms with Gasteiger partial charge in [0, 0.05) is 65.2 Å². The molecule has 0 aliphatic rings. The van der Waals surface area contributed by atoms with E-state index in [4.69, 9.17) is 33.2 Å². The van der Waals surface area contributed by atoms with Crippen molar-refractivity contribution in [2.45, 2.75) is 0 Å². The molecule has 0 unspecified atom stereocenters. The summed E-state index contributed by atoms with van der Waals surface area (Å²) in [5.74, 6) is 1.51. The molecule has 0 fully saturated rings. The second kappa shape index (κ2) is 13.8. The van der Waals surface area contributed by atoms with Crippen molar-refractivity contribution in [2.75, 3.05) is 0 Å².